The summed E-state index contributed by atoms with van der Waals surface area (Å²) in [4.78, 5) is 19.9. The summed E-state index contributed by atoms with van der Waals surface area (Å²) in [5.41, 5.74) is 8.34. The third kappa shape index (κ3) is 3.89. The molecule has 0 aliphatic rings. The number of hydrogen-bond donors (Lipinski definition) is 2. The number of rotatable bonds is 5. The van der Waals surface area contributed by atoms with Gasteiger partial charge in [-0.15, -0.1) is 0 Å². The van der Waals surface area contributed by atoms with Crippen LogP contribution in [0.5, 0.6) is 0 Å². The maximum Gasteiger partial charge on any atom is 0.226 e. The van der Waals surface area contributed by atoms with Gasteiger partial charge >= 0.3 is 0 Å². The fourth-order valence-electron chi connectivity index (χ4n) is 2.50. The fraction of sp³-hybridized carbons (Fsp3) is 0.167. The number of aromatic nitrogens is 2. The molecule has 6 nitrogen and oxygen atoms in total. The fourth-order valence-corrected chi connectivity index (χ4v) is 2.50. The molecular weight excluding hydrogens is 323 g/mol. The van der Waals surface area contributed by atoms with Gasteiger partial charge in [0.1, 0.15) is 18.0 Å². The number of halogens is 1. The Morgan fingerprint density at radius 2 is 2.04 bits per heavy atom. The number of benzene rings is 2. The lowest BCUT2D eigenvalue weighted by atomic mass is 10.0. The maximum atomic E-state index is 14.0. The molecule has 0 unspecified atom stereocenters. The minimum absolute atomic E-state index is 0.201. The highest BCUT2D eigenvalue weighted by molar-refractivity contribution is 5.93. The number of hydrogen-bond acceptors (Lipinski definition) is 5. The number of nitrogen functional groups attached to an aromatic ring is 1. The van der Waals surface area contributed by atoms with Gasteiger partial charge in [0.05, 0.1) is 18.5 Å². The monoisotopic (exact) mass is 340 g/mol. The number of carbonyl (C=O) groups is 1. The molecule has 128 valence electrons. The molecule has 1 aromatic heterocycles. The molecule has 7 heteroatoms. The Balaban J connectivity index is 1.94. The van der Waals surface area contributed by atoms with Crippen LogP contribution in [0, 0.1) is 5.82 Å². The zero-order chi connectivity index (χ0) is 17.8. The second kappa shape index (κ2) is 7.23. The van der Waals surface area contributed by atoms with E-state index in [4.69, 9.17) is 10.5 Å². The Morgan fingerprint density at radius 1 is 1.20 bits per heavy atom. The van der Waals surface area contributed by atoms with Crippen molar-refractivity contribution in [2.75, 3.05) is 24.8 Å². The van der Waals surface area contributed by atoms with Gasteiger partial charge in [-0.05, 0) is 41.5 Å². The number of anilines is 2. The molecule has 0 aliphatic carbocycles. The van der Waals surface area contributed by atoms with Gasteiger partial charge in [-0.3, -0.25) is 4.79 Å². The minimum atomic E-state index is -0.447. The highest BCUT2D eigenvalue weighted by Gasteiger charge is 2.09. The Hall–Kier alpha value is -3.06. The summed E-state index contributed by atoms with van der Waals surface area (Å²) in [6, 6.07) is 9.79. The first-order chi connectivity index (χ1) is 12.1. The molecule has 0 bridgehead atoms. The van der Waals surface area contributed by atoms with E-state index in [-0.39, 0.29) is 12.3 Å². The molecule has 0 fully saturated rings. The molecule has 0 saturated heterocycles. The topological polar surface area (TPSA) is 90.1 Å². The van der Waals surface area contributed by atoms with Crippen LogP contribution in [0.4, 0.5) is 15.9 Å². The lowest BCUT2D eigenvalue weighted by molar-refractivity contribution is -0.117. The zero-order valence-corrected chi connectivity index (χ0v) is 13.6. The van der Waals surface area contributed by atoms with Gasteiger partial charge in [0.15, 0.2) is 0 Å². The van der Waals surface area contributed by atoms with Crippen LogP contribution in [0.3, 0.4) is 0 Å². The highest BCUT2D eigenvalue weighted by Crippen LogP contribution is 2.28. The number of nitrogens with two attached hydrogens (primary N) is 1. The molecule has 1 heterocycles. The van der Waals surface area contributed by atoms with Crippen LogP contribution < -0.4 is 11.1 Å². The maximum absolute atomic E-state index is 14.0. The van der Waals surface area contributed by atoms with Crippen LogP contribution in [-0.4, -0.2) is 29.6 Å². The van der Waals surface area contributed by atoms with Crippen LogP contribution in [0.2, 0.25) is 0 Å². The van der Waals surface area contributed by atoms with Gasteiger partial charge in [0, 0.05) is 18.2 Å². The number of ether oxygens (including phenoxy) is 1. The van der Waals surface area contributed by atoms with Crippen molar-refractivity contribution in [2.24, 2.45) is 0 Å². The van der Waals surface area contributed by atoms with Gasteiger partial charge in [-0.25, -0.2) is 14.4 Å². The average Bonchev–Trinajstić information content (AvgIpc) is 2.59. The van der Waals surface area contributed by atoms with Crippen LogP contribution in [-0.2, 0) is 9.53 Å². The lowest BCUT2D eigenvalue weighted by Crippen LogP contribution is -2.13. The number of carbonyl (C=O) groups excluding carboxylic acids is 1. The second-order valence-corrected chi connectivity index (χ2v) is 5.51. The molecular formula is C18H17FN4O2. The van der Waals surface area contributed by atoms with E-state index in [2.05, 4.69) is 15.3 Å². The van der Waals surface area contributed by atoms with Crippen molar-refractivity contribution >= 4 is 28.3 Å². The van der Waals surface area contributed by atoms with Crippen LogP contribution in [0.1, 0.15) is 6.42 Å². The number of methoxy groups -OCH3 is 1. The molecule has 1 amide bonds. The molecule has 25 heavy (non-hydrogen) atoms. The first-order valence-corrected chi connectivity index (χ1v) is 7.67. The summed E-state index contributed by atoms with van der Waals surface area (Å²) >= 11 is 0. The smallest absolute Gasteiger partial charge is 0.226 e. The van der Waals surface area contributed by atoms with E-state index in [1.54, 1.807) is 18.2 Å². The van der Waals surface area contributed by atoms with Crippen LogP contribution in [0.15, 0.2) is 42.7 Å². The van der Waals surface area contributed by atoms with Gasteiger partial charge in [0.25, 0.3) is 0 Å². The molecule has 0 aliphatic heterocycles. The summed E-state index contributed by atoms with van der Waals surface area (Å²) in [5.74, 6) is -0.331. The minimum Gasteiger partial charge on any atom is -0.384 e. The number of nitrogens with zero attached hydrogens (tertiary/aromatic N) is 2. The van der Waals surface area contributed by atoms with Crippen molar-refractivity contribution < 1.29 is 13.9 Å². The molecule has 0 atom stereocenters. The lowest BCUT2D eigenvalue weighted by Gasteiger charge is -2.09. The van der Waals surface area contributed by atoms with Crippen molar-refractivity contribution in [2.45, 2.75) is 6.42 Å². The quantitative estimate of drug-likeness (QED) is 0.745. The summed E-state index contributed by atoms with van der Waals surface area (Å²) < 4.78 is 18.8. The Morgan fingerprint density at radius 3 is 2.84 bits per heavy atom. The number of nitrogens with one attached hydrogen (secondary N) is 1. The number of fused-ring (bicyclic) bond motifs is 1. The molecule has 3 N–H and O–H groups in total. The Bertz CT molecular complexity index is 930. The molecule has 0 radical (unpaired) electrons. The van der Waals surface area contributed by atoms with Gasteiger partial charge in [-0.2, -0.15) is 0 Å². The van der Waals surface area contributed by atoms with Gasteiger partial charge in [-0.1, -0.05) is 6.07 Å². The molecule has 0 spiro atoms. The van der Waals surface area contributed by atoms with Crippen LogP contribution >= 0.6 is 0 Å². The van der Waals surface area contributed by atoms with E-state index in [1.165, 1.54) is 25.6 Å². The summed E-state index contributed by atoms with van der Waals surface area (Å²) in [6.07, 6.45) is 1.60. The summed E-state index contributed by atoms with van der Waals surface area (Å²) in [6.45, 7) is 0.304. The Kier molecular flexibility index (Phi) is 4.85. The third-order valence-electron chi connectivity index (χ3n) is 3.71. The summed E-state index contributed by atoms with van der Waals surface area (Å²) in [5, 5.41) is 3.36. The largest absolute Gasteiger partial charge is 0.384 e. The Labute approximate surface area is 143 Å². The third-order valence-corrected chi connectivity index (χ3v) is 3.71. The van der Waals surface area contributed by atoms with Crippen molar-refractivity contribution in [3.05, 3.63) is 48.5 Å². The van der Waals surface area contributed by atoms with Gasteiger partial charge in [0.2, 0.25) is 5.91 Å². The second-order valence-electron chi connectivity index (χ2n) is 5.51. The predicted molar refractivity (Wildman–Crippen MR) is 94.5 cm³/mol. The standard InChI is InChI=1S/C18H17FN4O2/c1-25-5-4-17(24)23-14-7-12(6-13(19)9-14)11-2-3-16-15(8-11)18(20)22-10-21-16/h2-3,6-10H,4-5H2,1H3,(H,23,24)(H2,20,21,22). The van der Waals surface area contributed by atoms with Crippen LogP contribution in [0.25, 0.3) is 22.0 Å². The normalized spacial score (nSPS) is 10.8. The van der Waals surface area contributed by atoms with E-state index < -0.39 is 5.82 Å². The van der Waals surface area contributed by atoms with E-state index >= 15 is 0 Å². The molecule has 3 aromatic rings. The van der Waals surface area contributed by atoms with Crippen molar-refractivity contribution in [3.63, 3.8) is 0 Å². The van der Waals surface area contributed by atoms with Crippen molar-refractivity contribution in [3.8, 4) is 11.1 Å². The first-order valence-electron chi connectivity index (χ1n) is 7.67. The van der Waals surface area contributed by atoms with E-state index in [9.17, 15) is 9.18 Å². The predicted octanol–water partition coefficient (Wildman–Crippen LogP) is 2.99. The van der Waals surface area contributed by atoms with Crippen molar-refractivity contribution in [1.29, 1.82) is 0 Å². The van der Waals surface area contributed by atoms with Gasteiger partial charge < -0.3 is 15.8 Å². The van der Waals surface area contributed by atoms with E-state index in [0.717, 1.165) is 5.56 Å². The molecule has 0 saturated carbocycles. The molecule has 2 aromatic carbocycles. The SMILES string of the molecule is COCCC(=O)Nc1cc(F)cc(-c2ccc3ncnc(N)c3c2)c1. The van der Waals surface area contributed by atoms with Crippen molar-refractivity contribution in [1.82, 2.24) is 9.97 Å². The number of amides is 1. The summed E-state index contributed by atoms with van der Waals surface area (Å²) in [7, 11) is 1.52. The zero-order valence-electron chi connectivity index (χ0n) is 13.6. The first kappa shape index (κ1) is 16.8. The van der Waals surface area contributed by atoms with E-state index in [0.29, 0.717) is 34.6 Å². The average molecular weight is 340 g/mol. The highest BCUT2D eigenvalue weighted by atomic mass is 19.1. The van der Waals surface area contributed by atoms with E-state index in [1.807, 2.05) is 6.07 Å². The molecule has 3 rings (SSSR count).